The van der Waals surface area contributed by atoms with Gasteiger partial charge in [-0.1, -0.05) is 26.8 Å². The van der Waals surface area contributed by atoms with Crippen LogP contribution in [-0.2, 0) is 0 Å². The van der Waals surface area contributed by atoms with Crippen LogP contribution in [-0.4, -0.2) is 6.67 Å². The smallest absolute Gasteiger partial charge is 0.0844 e. The van der Waals surface area contributed by atoms with E-state index < -0.39 is 0 Å². The first-order valence-electron chi connectivity index (χ1n) is 6.20. The third kappa shape index (κ3) is 1.66. The molecule has 1 heterocycles. The first-order valence-corrected chi connectivity index (χ1v) is 6.20. The Bertz CT molecular complexity index is 374. The van der Waals surface area contributed by atoms with Gasteiger partial charge in [-0.2, -0.15) is 0 Å². The van der Waals surface area contributed by atoms with Crippen molar-refractivity contribution in [1.82, 2.24) is 10.6 Å². The summed E-state index contributed by atoms with van der Waals surface area (Å²) in [7, 11) is 0. The fourth-order valence-electron chi connectivity index (χ4n) is 2.36. The molecule has 0 saturated carbocycles. The summed E-state index contributed by atoms with van der Waals surface area (Å²) >= 11 is 0. The molecule has 1 aliphatic carbocycles. The van der Waals surface area contributed by atoms with Gasteiger partial charge in [0.1, 0.15) is 0 Å². The molecule has 0 radical (unpaired) electrons. The Morgan fingerprint density at radius 2 is 1.94 bits per heavy atom. The number of allylic oxidation sites excluding steroid dienone is 4. The molecule has 0 aromatic rings. The van der Waals surface area contributed by atoms with E-state index in [1.807, 2.05) is 0 Å². The molecule has 2 bridgehead atoms. The minimum atomic E-state index is 0.130. The van der Waals surface area contributed by atoms with Crippen LogP contribution in [0.3, 0.4) is 0 Å². The maximum atomic E-state index is 3.49. The second-order valence-corrected chi connectivity index (χ2v) is 5.18. The number of rotatable bonds is 2. The van der Waals surface area contributed by atoms with E-state index in [2.05, 4.69) is 56.6 Å². The Hall–Kier alpha value is -1.18. The van der Waals surface area contributed by atoms with Crippen molar-refractivity contribution in [1.29, 1.82) is 0 Å². The fraction of sp³-hybridized carbons (Fsp3) is 0.571. The van der Waals surface area contributed by atoms with Crippen molar-refractivity contribution in [2.75, 3.05) is 6.67 Å². The Kier molecular flexibility index (Phi) is 2.83. The molecule has 1 aliphatic heterocycles. The van der Waals surface area contributed by atoms with E-state index in [1.54, 1.807) is 0 Å². The standard InChI is InChI=1S/C14H22N2/c1-5-14(4)12-7-6-11(10(2)3)8-13(14)16-9-15-12/h6-8,10,15-16H,5,9H2,1-4H3. The van der Waals surface area contributed by atoms with Gasteiger partial charge in [0.25, 0.3) is 0 Å². The van der Waals surface area contributed by atoms with Crippen LogP contribution in [0.4, 0.5) is 0 Å². The summed E-state index contributed by atoms with van der Waals surface area (Å²) < 4.78 is 0. The lowest BCUT2D eigenvalue weighted by Gasteiger charge is -2.39. The number of hydrogen-bond acceptors (Lipinski definition) is 2. The van der Waals surface area contributed by atoms with E-state index in [4.69, 9.17) is 0 Å². The molecule has 0 spiro atoms. The van der Waals surface area contributed by atoms with E-state index in [9.17, 15) is 0 Å². The predicted molar refractivity (Wildman–Crippen MR) is 68.6 cm³/mol. The Labute approximate surface area is 98.5 Å². The van der Waals surface area contributed by atoms with Gasteiger partial charge in [0.2, 0.25) is 0 Å². The summed E-state index contributed by atoms with van der Waals surface area (Å²) in [5.41, 5.74) is 4.24. The highest BCUT2D eigenvalue weighted by molar-refractivity contribution is 5.42. The zero-order valence-electron chi connectivity index (χ0n) is 10.7. The molecule has 2 aliphatic rings. The first-order chi connectivity index (χ1) is 7.58. The van der Waals surface area contributed by atoms with Gasteiger partial charge in [-0.05, 0) is 37.0 Å². The average molecular weight is 218 g/mol. The van der Waals surface area contributed by atoms with Gasteiger partial charge in [-0.3, -0.25) is 0 Å². The van der Waals surface area contributed by atoms with Crippen molar-refractivity contribution in [2.24, 2.45) is 11.3 Å². The lowest BCUT2D eigenvalue weighted by molar-refractivity contribution is 0.357. The van der Waals surface area contributed by atoms with Gasteiger partial charge >= 0.3 is 0 Å². The Morgan fingerprint density at radius 1 is 1.25 bits per heavy atom. The fourth-order valence-corrected chi connectivity index (χ4v) is 2.36. The van der Waals surface area contributed by atoms with Gasteiger partial charge < -0.3 is 10.6 Å². The Morgan fingerprint density at radius 3 is 2.56 bits per heavy atom. The first kappa shape index (κ1) is 11.3. The molecule has 1 fully saturated rings. The van der Waals surface area contributed by atoms with Gasteiger partial charge in [-0.15, -0.1) is 0 Å². The predicted octanol–water partition coefficient (Wildman–Crippen LogP) is 2.92. The molecule has 1 atom stereocenters. The third-order valence-corrected chi connectivity index (χ3v) is 3.87. The van der Waals surface area contributed by atoms with E-state index in [0.717, 1.165) is 13.1 Å². The molecule has 2 N–H and O–H groups in total. The second kappa shape index (κ2) is 4.00. The van der Waals surface area contributed by atoms with Gasteiger partial charge in [0.05, 0.1) is 6.67 Å². The molecule has 1 unspecified atom stereocenters. The minimum Gasteiger partial charge on any atom is -0.371 e. The summed E-state index contributed by atoms with van der Waals surface area (Å²) in [6.07, 6.45) is 7.95. The van der Waals surface area contributed by atoms with Crippen LogP contribution in [0.2, 0.25) is 0 Å². The van der Waals surface area contributed by atoms with Crippen molar-refractivity contribution >= 4 is 0 Å². The number of fused-ring (bicyclic) bond motifs is 2. The van der Waals surface area contributed by atoms with Gasteiger partial charge in [-0.25, -0.2) is 0 Å². The molecule has 1 saturated heterocycles. The summed E-state index contributed by atoms with van der Waals surface area (Å²) in [6.45, 7) is 9.88. The van der Waals surface area contributed by atoms with Crippen LogP contribution in [0.15, 0.2) is 35.2 Å². The van der Waals surface area contributed by atoms with Gasteiger partial charge in [0, 0.05) is 16.8 Å². The van der Waals surface area contributed by atoms with Crippen molar-refractivity contribution in [3.05, 3.63) is 35.2 Å². The van der Waals surface area contributed by atoms with Crippen molar-refractivity contribution in [3.8, 4) is 0 Å². The average Bonchev–Trinajstić information content (AvgIpc) is 2.36. The maximum Gasteiger partial charge on any atom is 0.0844 e. The molecule has 88 valence electrons. The monoisotopic (exact) mass is 218 g/mol. The lowest BCUT2D eigenvalue weighted by Crippen LogP contribution is -2.46. The highest BCUT2D eigenvalue weighted by Gasteiger charge is 2.35. The van der Waals surface area contributed by atoms with Crippen molar-refractivity contribution in [3.63, 3.8) is 0 Å². The molecule has 2 rings (SSSR count). The molecular weight excluding hydrogens is 196 g/mol. The molecular formula is C14H22N2. The summed E-state index contributed by atoms with van der Waals surface area (Å²) in [6, 6.07) is 0. The quantitative estimate of drug-likeness (QED) is 0.744. The molecule has 0 amide bonds. The second-order valence-electron chi connectivity index (χ2n) is 5.18. The van der Waals surface area contributed by atoms with Crippen molar-refractivity contribution in [2.45, 2.75) is 34.1 Å². The number of hydrogen-bond donors (Lipinski definition) is 2. The zero-order valence-corrected chi connectivity index (χ0v) is 10.7. The van der Waals surface area contributed by atoms with Crippen LogP contribution in [0, 0.1) is 11.3 Å². The molecule has 2 nitrogen and oxygen atoms in total. The molecule has 16 heavy (non-hydrogen) atoms. The Balaban J connectivity index is 2.48. The van der Waals surface area contributed by atoms with Crippen LogP contribution in [0.5, 0.6) is 0 Å². The molecule has 0 aromatic carbocycles. The van der Waals surface area contributed by atoms with Crippen LogP contribution >= 0.6 is 0 Å². The topological polar surface area (TPSA) is 24.1 Å². The lowest BCUT2D eigenvalue weighted by atomic mass is 9.79. The van der Waals surface area contributed by atoms with Gasteiger partial charge in [0.15, 0.2) is 0 Å². The zero-order chi connectivity index (χ0) is 11.8. The highest BCUT2D eigenvalue weighted by atomic mass is 15.1. The van der Waals surface area contributed by atoms with E-state index in [0.29, 0.717) is 5.92 Å². The largest absolute Gasteiger partial charge is 0.371 e. The van der Waals surface area contributed by atoms with Crippen LogP contribution < -0.4 is 10.6 Å². The normalized spacial score (nSPS) is 28.4. The van der Waals surface area contributed by atoms with Crippen LogP contribution in [0.25, 0.3) is 0 Å². The highest BCUT2D eigenvalue weighted by Crippen LogP contribution is 2.40. The molecule has 2 heteroatoms. The SMILES string of the molecule is CCC1(C)C2=CC=C(C(C)C)C=C1NCN2. The van der Waals surface area contributed by atoms with Crippen LogP contribution in [0.1, 0.15) is 34.1 Å². The molecule has 0 aromatic heterocycles. The van der Waals surface area contributed by atoms with E-state index >= 15 is 0 Å². The van der Waals surface area contributed by atoms with Crippen molar-refractivity contribution < 1.29 is 0 Å². The number of nitrogens with one attached hydrogen (secondary N) is 2. The van der Waals surface area contributed by atoms with E-state index in [-0.39, 0.29) is 5.41 Å². The summed E-state index contributed by atoms with van der Waals surface area (Å²) in [4.78, 5) is 0. The minimum absolute atomic E-state index is 0.130. The summed E-state index contributed by atoms with van der Waals surface area (Å²) in [5.74, 6) is 0.576. The third-order valence-electron chi connectivity index (χ3n) is 3.87. The maximum absolute atomic E-state index is 3.49. The van der Waals surface area contributed by atoms with E-state index in [1.165, 1.54) is 17.0 Å². The summed E-state index contributed by atoms with van der Waals surface area (Å²) in [5, 5.41) is 6.94.